The Hall–Kier alpha value is -0.600. The van der Waals surface area contributed by atoms with E-state index >= 15 is 0 Å². The lowest BCUT2D eigenvalue weighted by molar-refractivity contribution is 0.173. The second kappa shape index (κ2) is 3.69. The molecule has 0 aromatic carbocycles. The summed E-state index contributed by atoms with van der Waals surface area (Å²) in [5.74, 6) is 0. The number of aromatic nitrogens is 1. The lowest BCUT2D eigenvalue weighted by Gasteiger charge is -2.06. The summed E-state index contributed by atoms with van der Waals surface area (Å²) < 4.78 is 0. The van der Waals surface area contributed by atoms with Crippen LogP contribution < -0.4 is 0 Å². The van der Waals surface area contributed by atoms with Crippen LogP contribution in [-0.4, -0.2) is 10.1 Å². The van der Waals surface area contributed by atoms with Crippen LogP contribution in [0.1, 0.15) is 25.0 Å². The van der Waals surface area contributed by atoms with Crippen LogP contribution in [0, 0.1) is 0 Å². The lowest BCUT2D eigenvalue weighted by Crippen LogP contribution is -1.94. The Balaban J connectivity index is 2.86. The van der Waals surface area contributed by atoms with Crippen LogP contribution >= 0.6 is 11.6 Å². The molecule has 0 aliphatic carbocycles. The van der Waals surface area contributed by atoms with Crippen LogP contribution in [0.3, 0.4) is 0 Å². The standard InChI is InChI=1S/C8H10ClNO/c1-2-7(11)6-3-4-10-8(9)5-6/h3-5,7,11H,2H2,1H3/t7-/m0/s1. The van der Waals surface area contributed by atoms with Crippen LogP contribution in [0.5, 0.6) is 0 Å². The first kappa shape index (κ1) is 8.50. The second-order valence-corrected chi connectivity index (χ2v) is 2.72. The smallest absolute Gasteiger partial charge is 0.129 e. The summed E-state index contributed by atoms with van der Waals surface area (Å²) in [5, 5.41) is 9.79. The first-order chi connectivity index (χ1) is 5.24. The fourth-order valence-electron chi connectivity index (χ4n) is 0.860. The minimum absolute atomic E-state index is 0.421. The summed E-state index contributed by atoms with van der Waals surface area (Å²) in [6.45, 7) is 1.92. The van der Waals surface area contributed by atoms with Gasteiger partial charge in [0.15, 0.2) is 0 Å². The van der Waals surface area contributed by atoms with Gasteiger partial charge in [-0.3, -0.25) is 0 Å². The second-order valence-electron chi connectivity index (χ2n) is 2.34. The number of hydrogen-bond donors (Lipinski definition) is 1. The molecule has 11 heavy (non-hydrogen) atoms. The van der Waals surface area contributed by atoms with Gasteiger partial charge in [-0.1, -0.05) is 18.5 Å². The highest BCUT2D eigenvalue weighted by atomic mass is 35.5. The molecule has 0 bridgehead atoms. The molecular weight excluding hydrogens is 162 g/mol. The first-order valence-corrected chi connectivity index (χ1v) is 3.91. The van der Waals surface area contributed by atoms with E-state index in [1.54, 1.807) is 18.3 Å². The zero-order valence-corrected chi connectivity index (χ0v) is 7.04. The monoisotopic (exact) mass is 171 g/mol. The van der Waals surface area contributed by atoms with Gasteiger partial charge in [-0.15, -0.1) is 0 Å². The molecule has 1 rings (SSSR count). The molecule has 1 aromatic rings. The highest BCUT2D eigenvalue weighted by Crippen LogP contribution is 2.17. The molecular formula is C8H10ClNO. The Morgan fingerprint density at radius 1 is 1.73 bits per heavy atom. The Kier molecular flexibility index (Phi) is 2.85. The van der Waals surface area contributed by atoms with Crippen molar-refractivity contribution in [2.75, 3.05) is 0 Å². The minimum atomic E-state index is -0.421. The molecule has 0 fully saturated rings. The predicted octanol–water partition coefficient (Wildman–Crippen LogP) is 2.18. The number of hydrogen-bond acceptors (Lipinski definition) is 2. The molecule has 1 aromatic heterocycles. The third-order valence-electron chi connectivity index (χ3n) is 1.52. The maximum absolute atomic E-state index is 9.37. The number of halogens is 1. The third-order valence-corrected chi connectivity index (χ3v) is 1.73. The molecule has 60 valence electrons. The van der Waals surface area contributed by atoms with Crippen molar-refractivity contribution in [3.8, 4) is 0 Å². The van der Waals surface area contributed by atoms with E-state index in [0.717, 1.165) is 5.56 Å². The summed E-state index contributed by atoms with van der Waals surface area (Å²) in [5.41, 5.74) is 0.826. The van der Waals surface area contributed by atoms with Gasteiger partial charge in [0.25, 0.3) is 0 Å². The van der Waals surface area contributed by atoms with Crippen molar-refractivity contribution in [3.63, 3.8) is 0 Å². The molecule has 0 radical (unpaired) electrons. The number of pyridine rings is 1. The predicted molar refractivity (Wildman–Crippen MR) is 44.5 cm³/mol. The van der Waals surface area contributed by atoms with Crippen LogP contribution in [-0.2, 0) is 0 Å². The van der Waals surface area contributed by atoms with Gasteiger partial charge in [0.1, 0.15) is 5.15 Å². The average Bonchev–Trinajstić information content (AvgIpc) is 2.03. The van der Waals surface area contributed by atoms with Crippen molar-refractivity contribution < 1.29 is 5.11 Å². The summed E-state index contributed by atoms with van der Waals surface area (Å²) in [7, 11) is 0. The fraction of sp³-hybridized carbons (Fsp3) is 0.375. The van der Waals surface area contributed by atoms with E-state index in [-0.39, 0.29) is 0 Å². The van der Waals surface area contributed by atoms with Gasteiger partial charge in [0.05, 0.1) is 6.10 Å². The van der Waals surface area contributed by atoms with Crippen molar-refractivity contribution in [1.82, 2.24) is 4.98 Å². The molecule has 0 aliphatic heterocycles. The van der Waals surface area contributed by atoms with Crippen molar-refractivity contribution >= 4 is 11.6 Å². The number of aliphatic hydroxyl groups is 1. The molecule has 1 atom stereocenters. The van der Waals surface area contributed by atoms with Gasteiger partial charge >= 0.3 is 0 Å². The molecule has 0 saturated carbocycles. The summed E-state index contributed by atoms with van der Waals surface area (Å²) >= 11 is 5.62. The van der Waals surface area contributed by atoms with Crippen molar-refractivity contribution in [1.29, 1.82) is 0 Å². The molecule has 1 N–H and O–H groups in total. The molecule has 3 heteroatoms. The molecule has 0 spiro atoms. The zero-order valence-electron chi connectivity index (χ0n) is 6.29. The highest BCUT2D eigenvalue weighted by Gasteiger charge is 2.03. The van der Waals surface area contributed by atoms with Crippen LogP contribution in [0.2, 0.25) is 5.15 Å². The fourth-order valence-corrected chi connectivity index (χ4v) is 1.04. The Labute approximate surface area is 70.8 Å². The van der Waals surface area contributed by atoms with E-state index in [0.29, 0.717) is 11.6 Å². The van der Waals surface area contributed by atoms with Crippen LogP contribution in [0.25, 0.3) is 0 Å². The first-order valence-electron chi connectivity index (χ1n) is 3.53. The average molecular weight is 172 g/mol. The molecule has 0 unspecified atom stereocenters. The Morgan fingerprint density at radius 3 is 3.00 bits per heavy atom. The van der Waals surface area contributed by atoms with E-state index in [1.165, 1.54) is 0 Å². The lowest BCUT2D eigenvalue weighted by atomic mass is 10.1. The number of aliphatic hydroxyl groups excluding tert-OH is 1. The van der Waals surface area contributed by atoms with Gasteiger partial charge in [-0.25, -0.2) is 4.98 Å². The SMILES string of the molecule is CC[C@H](O)c1ccnc(Cl)c1. The maximum atomic E-state index is 9.37. The molecule has 2 nitrogen and oxygen atoms in total. The van der Waals surface area contributed by atoms with Gasteiger partial charge < -0.3 is 5.11 Å². The quantitative estimate of drug-likeness (QED) is 0.692. The van der Waals surface area contributed by atoms with E-state index in [2.05, 4.69) is 4.98 Å². The summed E-state index contributed by atoms with van der Waals surface area (Å²) in [6, 6.07) is 3.44. The van der Waals surface area contributed by atoms with Crippen molar-refractivity contribution in [3.05, 3.63) is 29.0 Å². The summed E-state index contributed by atoms with van der Waals surface area (Å²) in [4.78, 5) is 3.81. The molecule has 0 saturated heterocycles. The van der Waals surface area contributed by atoms with Crippen LogP contribution in [0.15, 0.2) is 18.3 Å². The number of rotatable bonds is 2. The van der Waals surface area contributed by atoms with E-state index < -0.39 is 6.10 Å². The van der Waals surface area contributed by atoms with Gasteiger partial charge in [0, 0.05) is 6.20 Å². The van der Waals surface area contributed by atoms with E-state index in [9.17, 15) is 5.11 Å². The van der Waals surface area contributed by atoms with E-state index in [4.69, 9.17) is 11.6 Å². The molecule has 0 aliphatic rings. The van der Waals surface area contributed by atoms with E-state index in [1.807, 2.05) is 6.92 Å². The van der Waals surface area contributed by atoms with Crippen molar-refractivity contribution in [2.45, 2.75) is 19.4 Å². The molecule has 0 amide bonds. The number of nitrogens with zero attached hydrogens (tertiary/aromatic N) is 1. The third kappa shape index (κ3) is 2.17. The Morgan fingerprint density at radius 2 is 2.45 bits per heavy atom. The minimum Gasteiger partial charge on any atom is -0.388 e. The normalized spacial score (nSPS) is 13.0. The topological polar surface area (TPSA) is 33.1 Å². The highest BCUT2D eigenvalue weighted by molar-refractivity contribution is 6.29. The summed E-state index contributed by atoms with van der Waals surface area (Å²) in [6.07, 6.45) is 1.87. The zero-order chi connectivity index (χ0) is 8.27. The molecule has 1 heterocycles. The maximum Gasteiger partial charge on any atom is 0.129 e. The largest absolute Gasteiger partial charge is 0.388 e. The van der Waals surface area contributed by atoms with Gasteiger partial charge in [-0.05, 0) is 24.1 Å². The van der Waals surface area contributed by atoms with Crippen LogP contribution in [0.4, 0.5) is 0 Å². The van der Waals surface area contributed by atoms with Gasteiger partial charge in [-0.2, -0.15) is 0 Å². The van der Waals surface area contributed by atoms with Gasteiger partial charge in [0.2, 0.25) is 0 Å². The Bertz CT molecular complexity index is 239. The van der Waals surface area contributed by atoms with Crippen molar-refractivity contribution in [2.24, 2.45) is 0 Å².